The summed E-state index contributed by atoms with van der Waals surface area (Å²) >= 11 is 0.986. The summed E-state index contributed by atoms with van der Waals surface area (Å²) in [6, 6.07) is 19.8. The molecule has 0 spiro atoms. The van der Waals surface area contributed by atoms with E-state index < -0.39 is 11.9 Å². The largest absolute Gasteiger partial charge is 0.462 e. The van der Waals surface area contributed by atoms with Crippen molar-refractivity contribution in [3.8, 4) is 0 Å². The summed E-state index contributed by atoms with van der Waals surface area (Å²) < 4.78 is 5.12. The molecule has 3 aromatic rings. The molecule has 0 aliphatic rings. The summed E-state index contributed by atoms with van der Waals surface area (Å²) in [7, 11) is 0. The summed E-state index contributed by atoms with van der Waals surface area (Å²) in [6.45, 7) is 4.73. The van der Waals surface area contributed by atoms with Crippen molar-refractivity contribution in [1.29, 1.82) is 0 Å². The number of amides is 2. The Morgan fingerprint density at radius 1 is 0.970 bits per heavy atom. The van der Waals surface area contributed by atoms with Gasteiger partial charge in [0, 0.05) is 13.1 Å². The lowest BCUT2D eigenvalue weighted by atomic mass is 10.1. The third-order valence-electron chi connectivity index (χ3n) is 4.97. The lowest BCUT2D eigenvalue weighted by molar-refractivity contribution is -0.117. The van der Waals surface area contributed by atoms with Crippen molar-refractivity contribution >= 4 is 34.1 Å². The van der Waals surface area contributed by atoms with Crippen LogP contribution in [0.3, 0.4) is 0 Å². The Bertz CT molecular complexity index is 1070. The third kappa shape index (κ3) is 6.50. The number of ether oxygens (including phenoxy) is 1. The van der Waals surface area contributed by atoms with Crippen LogP contribution in [0.1, 0.15) is 43.6 Å². The molecule has 0 radical (unpaired) electrons. The standard InChI is InChI=1S/C25H27N3O4S/c1-3-32-25(31)21-17(2)22(23(26)30)33-24(21)27-20(29)16-28(14-18-10-6-4-7-11-18)15-19-12-8-5-9-13-19/h4-13H,3,14-16H2,1-2H3,(H2,26,30)(H,27,29). The van der Waals surface area contributed by atoms with E-state index in [0.717, 1.165) is 22.5 Å². The number of hydrogen-bond donors (Lipinski definition) is 2. The van der Waals surface area contributed by atoms with Crippen molar-refractivity contribution in [2.24, 2.45) is 5.73 Å². The summed E-state index contributed by atoms with van der Waals surface area (Å²) in [4.78, 5) is 39.5. The van der Waals surface area contributed by atoms with Gasteiger partial charge in [-0.15, -0.1) is 11.3 Å². The smallest absolute Gasteiger partial charge is 0.341 e. The average molecular weight is 466 g/mol. The van der Waals surface area contributed by atoms with E-state index in [1.165, 1.54) is 0 Å². The fourth-order valence-electron chi connectivity index (χ4n) is 3.51. The average Bonchev–Trinajstić information content (AvgIpc) is 3.11. The molecule has 172 valence electrons. The molecule has 0 unspecified atom stereocenters. The zero-order valence-electron chi connectivity index (χ0n) is 18.7. The number of esters is 1. The van der Waals surface area contributed by atoms with Gasteiger partial charge in [0.2, 0.25) is 5.91 Å². The van der Waals surface area contributed by atoms with Crippen molar-refractivity contribution in [3.05, 3.63) is 87.8 Å². The van der Waals surface area contributed by atoms with Gasteiger partial charge < -0.3 is 15.8 Å². The first-order valence-corrected chi connectivity index (χ1v) is 11.4. The highest BCUT2D eigenvalue weighted by Gasteiger charge is 2.26. The van der Waals surface area contributed by atoms with Crippen LogP contribution in [0.2, 0.25) is 0 Å². The van der Waals surface area contributed by atoms with Crippen LogP contribution in [0.25, 0.3) is 0 Å². The van der Waals surface area contributed by atoms with Gasteiger partial charge in [-0.2, -0.15) is 0 Å². The van der Waals surface area contributed by atoms with Crippen molar-refractivity contribution < 1.29 is 19.1 Å². The quantitative estimate of drug-likeness (QED) is 0.441. The molecule has 1 aromatic heterocycles. The van der Waals surface area contributed by atoms with Crippen LogP contribution >= 0.6 is 11.3 Å². The monoisotopic (exact) mass is 465 g/mol. The molecule has 0 aliphatic carbocycles. The molecular formula is C25H27N3O4S. The fourth-order valence-corrected chi connectivity index (χ4v) is 4.57. The Labute approximate surface area is 197 Å². The number of benzene rings is 2. The first kappa shape index (κ1) is 24.2. The topological polar surface area (TPSA) is 102 Å². The molecule has 1 heterocycles. The van der Waals surface area contributed by atoms with Gasteiger partial charge in [-0.25, -0.2) is 4.79 Å². The molecule has 2 aromatic carbocycles. The normalized spacial score (nSPS) is 10.8. The van der Waals surface area contributed by atoms with E-state index in [9.17, 15) is 14.4 Å². The molecule has 0 aliphatic heterocycles. The highest BCUT2D eigenvalue weighted by atomic mass is 32.1. The van der Waals surface area contributed by atoms with Crippen LogP contribution in [0, 0.1) is 6.92 Å². The van der Waals surface area contributed by atoms with Crippen LogP contribution in [0.4, 0.5) is 5.00 Å². The Morgan fingerprint density at radius 3 is 2.00 bits per heavy atom. The highest BCUT2D eigenvalue weighted by Crippen LogP contribution is 2.33. The van der Waals surface area contributed by atoms with Gasteiger partial charge in [0.25, 0.3) is 5.91 Å². The number of anilines is 1. The fraction of sp³-hybridized carbons (Fsp3) is 0.240. The minimum atomic E-state index is -0.654. The summed E-state index contributed by atoms with van der Waals surface area (Å²) in [5.41, 5.74) is 8.19. The number of primary amides is 1. The predicted molar refractivity (Wildman–Crippen MR) is 129 cm³/mol. The number of carbonyl (C=O) groups excluding carboxylic acids is 3. The van der Waals surface area contributed by atoms with E-state index in [2.05, 4.69) is 5.32 Å². The lowest BCUT2D eigenvalue weighted by Gasteiger charge is -2.22. The number of nitrogens with zero attached hydrogens (tertiary/aromatic N) is 1. The van der Waals surface area contributed by atoms with E-state index in [1.54, 1.807) is 13.8 Å². The molecule has 33 heavy (non-hydrogen) atoms. The predicted octanol–water partition coefficient (Wildman–Crippen LogP) is 3.97. The minimum Gasteiger partial charge on any atom is -0.462 e. The summed E-state index contributed by atoms with van der Waals surface area (Å²) in [5.74, 6) is -1.55. The second-order valence-corrected chi connectivity index (χ2v) is 8.53. The van der Waals surface area contributed by atoms with E-state index in [4.69, 9.17) is 10.5 Å². The van der Waals surface area contributed by atoms with Crippen molar-refractivity contribution in [1.82, 2.24) is 4.90 Å². The minimum absolute atomic E-state index is 0.0922. The van der Waals surface area contributed by atoms with Crippen LogP contribution in [0.5, 0.6) is 0 Å². The van der Waals surface area contributed by atoms with Gasteiger partial charge in [0.1, 0.15) is 5.00 Å². The maximum Gasteiger partial charge on any atom is 0.341 e. The molecule has 0 saturated heterocycles. The Morgan fingerprint density at radius 2 is 1.52 bits per heavy atom. The number of rotatable bonds is 10. The maximum absolute atomic E-state index is 13.0. The van der Waals surface area contributed by atoms with Crippen LogP contribution in [-0.2, 0) is 22.6 Å². The SMILES string of the molecule is CCOC(=O)c1c(NC(=O)CN(Cc2ccccc2)Cc2ccccc2)sc(C(N)=O)c1C. The number of nitrogens with one attached hydrogen (secondary N) is 1. The number of thiophene rings is 1. The molecule has 8 heteroatoms. The van der Waals surface area contributed by atoms with Crippen LogP contribution in [-0.4, -0.2) is 35.8 Å². The Kier molecular flexibility index (Phi) is 8.34. The van der Waals surface area contributed by atoms with E-state index in [-0.39, 0.29) is 34.5 Å². The van der Waals surface area contributed by atoms with Crippen molar-refractivity contribution in [2.75, 3.05) is 18.5 Å². The molecule has 0 saturated carbocycles. The first-order chi connectivity index (χ1) is 15.9. The van der Waals surface area contributed by atoms with Crippen LogP contribution < -0.4 is 11.1 Å². The van der Waals surface area contributed by atoms with E-state index >= 15 is 0 Å². The van der Waals surface area contributed by atoms with Crippen molar-refractivity contribution in [2.45, 2.75) is 26.9 Å². The van der Waals surface area contributed by atoms with Crippen LogP contribution in [0.15, 0.2) is 60.7 Å². The van der Waals surface area contributed by atoms with Crippen molar-refractivity contribution in [3.63, 3.8) is 0 Å². The molecular weight excluding hydrogens is 438 g/mol. The maximum atomic E-state index is 13.0. The zero-order chi connectivity index (χ0) is 23.8. The Hall–Kier alpha value is -3.49. The lowest BCUT2D eigenvalue weighted by Crippen LogP contribution is -2.32. The van der Waals surface area contributed by atoms with Gasteiger partial charge in [-0.1, -0.05) is 60.7 Å². The second-order valence-electron chi connectivity index (χ2n) is 7.51. The molecule has 0 fully saturated rings. The van der Waals surface area contributed by atoms with Gasteiger partial charge in [0.15, 0.2) is 0 Å². The number of carbonyl (C=O) groups is 3. The van der Waals surface area contributed by atoms with Gasteiger partial charge in [-0.05, 0) is 30.5 Å². The zero-order valence-corrected chi connectivity index (χ0v) is 19.5. The molecule has 3 N–H and O–H groups in total. The molecule has 0 bridgehead atoms. The van der Waals surface area contributed by atoms with Gasteiger partial charge in [-0.3, -0.25) is 14.5 Å². The highest BCUT2D eigenvalue weighted by molar-refractivity contribution is 7.18. The second kappa shape index (κ2) is 11.4. The van der Waals surface area contributed by atoms with E-state index in [0.29, 0.717) is 18.7 Å². The first-order valence-electron chi connectivity index (χ1n) is 10.6. The number of nitrogens with two attached hydrogens (primary N) is 1. The molecule has 2 amide bonds. The molecule has 3 rings (SSSR count). The van der Waals surface area contributed by atoms with Gasteiger partial charge in [0.05, 0.1) is 23.6 Å². The number of hydrogen-bond acceptors (Lipinski definition) is 6. The molecule has 7 nitrogen and oxygen atoms in total. The third-order valence-corrected chi connectivity index (χ3v) is 6.19. The van der Waals surface area contributed by atoms with E-state index in [1.807, 2.05) is 65.6 Å². The summed E-state index contributed by atoms with van der Waals surface area (Å²) in [5, 5.41) is 3.07. The van der Waals surface area contributed by atoms with Gasteiger partial charge >= 0.3 is 5.97 Å². The molecule has 0 atom stereocenters. The Balaban J connectivity index is 1.81. The summed E-state index contributed by atoms with van der Waals surface area (Å²) in [6.07, 6.45) is 0.